The summed E-state index contributed by atoms with van der Waals surface area (Å²) in [6.07, 6.45) is 3.49. The molecule has 0 saturated carbocycles. The third kappa shape index (κ3) is 5.80. The number of aromatic nitrogens is 1. The summed E-state index contributed by atoms with van der Waals surface area (Å²) in [6.45, 7) is 11.0. The Morgan fingerprint density at radius 2 is 1.90 bits per heavy atom. The van der Waals surface area contributed by atoms with Crippen LogP contribution in [0, 0.1) is 11.8 Å². The van der Waals surface area contributed by atoms with Crippen LogP contribution in [0.15, 0.2) is 22.8 Å². The second kappa shape index (κ2) is 10.2. The Kier molecular flexibility index (Phi) is 7.87. The maximum absolute atomic E-state index is 13.5. The van der Waals surface area contributed by atoms with Crippen LogP contribution >= 0.6 is 15.9 Å². The van der Waals surface area contributed by atoms with Gasteiger partial charge in [0.1, 0.15) is 5.82 Å². The van der Waals surface area contributed by atoms with Gasteiger partial charge in [-0.05, 0) is 60.7 Å². The van der Waals surface area contributed by atoms with Crippen molar-refractivity contribution in [1.82, 2.24) is 14.8 Å². The Balaban J connectivity index is 1.65. The second-order valence-corrected chi connectivity index (χ2v) is 9.79. The molecular formula is C22H33BrN4O3. The highest BCUT2D eigenvalue weighted by molar-refractivity contribution is 9.10. The molecule has 2 saturated heterocycles. The van der Waals surface area contributed by atoms with Gasteiger partial charge in [-0.15, -0.1) is 0 Å². The SMILES string of the molecule is CC1CN(C(C(=O)N2CCCC(C(=O)Nc3ccc(Br)cn3)C2)C(C)C)CC(C)O1. The van der Waals surface area contributed by atoms with Gasteiger partial charge in [-0.2, -0.15) is 0 Å². The maximum atomic E-state index is 13.5. The van der Waals surface area contributed by atoms with Crippen LogP contribution in [0.4, 0.5) is 5.82 Å². The number of piperidine rings is 1. The number of nitrogens with zero attached hydrogens (tertiary/aromatic N) is 3. The molecule has 0 aliphatic carbocycles. The lowest BCUT2D eigenvalue weighted by Crippen LogP contribution is -2.59. The van der Waals surface area contributed by atoms with Gasteiger partial charge >= 0.3 is 0 Å². The number of halogens is 1. The lowest BCUT2D eigenvalue weighted by molar-refractivity contribution is -0.147. The minimum absolute atomic E-state index is 0.0722. The number of likely N-dealkylation sites (tertiary alicyclic amines) is 1. The van der Waals surface area contributed by atoms with E-state index in [1.54, 1.807) is 12.3 Å². The summed E-state index contributed by atoms with van der Waals surface area (Å²) >= 11 is 3.35. The molecular weight excluding hydrogens is 448 g/mol. The quantitative estimate of drug-likeness (QED) is 0.700. The van der Waals surface area contributed by atoms with Gasteiger partial charge in [-0.3, -0.25) is 14.5 Å². The minimum Gasteiger partial charge on any atom is -0.373 e. The van der Waals surface area contributed by atoms with Gasteiger partial charge in [-0.25, -0.2) is 4.98 Å². The normalized spacial score (nSPS) is 26.5. The largest absolute Gasteiger partial charge is 0.373 e. The molecule has 7 nitrogen and oxygen atoms in total. The average molecular weight is 481 g/mol. The van der Waals surface area contributed by atoms with E-state index in [1.165, 1.54) is 0 Å². The van der Waals surface area contributed by atoms with Crippen molar-refractivity contribution in [2.45, 2.75) is 58.8 Å². The van der Waals surface area contributed by atoms with Crippen LogP contribution in [0.1, 0.15) is 40.5 Å². The Morgan fingerprint density at radius 1 is 1.20 bits per heavy atom. The van der Waals surface area contributed by atoms with E-state index in [9.17, 15) is 9.59 Å². The number of morpholine rings is 1. The Labute approximate surface area is 187 Å². The van der Waals surface area contributed by atoms with Crippen LogP contribution in [0.3, 0.4) is 0 Å². The van der Waals surface area contributed by atoms with Crippen molar-refractivity contribution in [3.05, 3.63) is 22.8 Å². The van der Waals surface area contributed by atoms with Crippen molar-refractivity contribution < 1.29 is 14.3 Å². The average Bonchev–Trinajstić information content (AvgIpc) is 2.69. The van der Waals surface area contributed by atoms with Gasteiger partial charge in [-0.1, -0.05) is 13.8 Å². The van der Waals surface area contributed by atoms with Crippen molar-refractivity contribution in [2.75, 3.05) is 31.5 Å². The molecule has 3 heterocycles. The van der Waals surface area contributed by atoms with Crippen LogP contribution in [0.5, 0.6) is 0 Å². The van der Waals surface area contributed by atoms with Crippen molar-refractivity contribution >= 4 is 33.6 Å². The molecule has 166 valence electrons. The number of carbonyl (C=O) groups is 2. The second-order valence-electron chi connectivity index (χ2n) is 8.87. The molecule has 0 aromatic carbocycles. The standard InChI is InChI=1S/C22H33BrN4O3/c1-14(2)20(27-11-15(3)30-16(4)12-27)22(29)26-9-5-6-17(13-26)21(28)25-19-8-7-18(23)10-24-19/h7-8,10,14-17,20H,5-6,9,11-13H2,1-4H3,(H,24,25,28). The first-order valence-corrected chi connectivity index (χ1v) is 11.6. The highest BCUT2D eigenvalue weighted by atomic mass is 79.9. The summed E-state index contributed by atoms with van der Waals surface area (Å²) in [5.41, 5.74) is 0. The number of pyridine rings is 1. The maximum Gasteiger partial charge on any atom is 0.240 e. The van der Waals surface area contributed by atoms with E-state index < -0.39 is 0 Å². The molecule has 8 heteroatoms. The molecule has 1 aromatic rings. The molecule has 30 heavy (non-hydrogen) atoms. The molecule has 1 N–H and O–H groups in total. The summed E-state index contributed by atoms with van der Waals surface area (Å²) in [5, 5.41) is 2.89. The predicted molar refractivity (Wildman–Crippen MR) is 120 cm³/mol. The fourth-order valence-electron chi connectivity index (χ4n) is 4.56. The van der Waals surface area contributed by atoms with E-state index in [-0.39, 0.29) is 41.9 Å². The van der Waals surface area contributed by atoms with Crippen LogP contribution < -0.4 is 5.32 Å². The number of hydrogen-bond acceptors (Lipinski definition) is 5. The fraction of sp³-hybridized carbons (Fsp3) is 0.682. The van der Waals surface area contributed by atoms with Gasteiger partial charge in [0.2, 0.25) is 11.8 Å². The van der Waals surface area contributed by atoms with Crippen LogP contribution in [-0.2, 0) is 14.3 Å². The Morgan fingerprint density at radius 3 is 2.50 bits per heavy atom. The first-order chi connectivity index (χ1) is 14.2. The molecule has 0 spiro atoms. The summed E-state index contributed by atoms with van der Waals surface area (Å²) in [6, 6.07) is 3.42. The van der Waals surface area contributed by atoms with Crippen LogP contribution in [-0.4, -0.2) is 71.0 Å². The van der Waals surface area contributed by atoms with E-state index in [1.807, 2.05) is 11.0 Å². The molecule has 2 fully saturated rings. The van der Waals surface area contributed by atoms with E-state index in [0.717, 1.165) is 30.4 Å². The number of amides is 2. The van der Waals surface area contributed by atoms with Gasteiger partial charge in [0, 0.05) is 36.8 Å². The van der Waals surface area contributed by atoms with Crippen LogP contribution in [0.2, 0.25) is 0 Å². The highest BCUT2D eigenvalue weighted by Gasteiger charge is 2.38. The van der Waals surface area contributed by atoms with E-state index in [0.29, 0.717) is 18.9 Å². The number of nitrogens with one attached hydrogen (secondary N) is 1. The van der Waals surface area contributed by atoms with Crippen molar-refractivity contribution in [3.63, 3.8) is 0 Å². The first-order valence-electron chi connectivity index (χ1n) is 10.8. The van der Waals surface area contributed by atoms with Gasteiger partial charge < -0.3 is 15.0 Å². The zero-order valence-corrected chi connectivity index (χ0v) is 19.9. The predicted octanol–water partition coefficient (Wildman–Crippen LogP) is 3.16. The van der Waals surface area contributed by atoms with Crippen molar-refractivity contribution in [2.24, 2.45) is 11.8 Å². The molecule has 2 aliphatic rings. The molecule has 0 radical (unpaired) electrons. The number of carbonyl (C=O) groups excluding carboxylic acids is 2. The first kappa shape index (κ1) is 23.2. The molecule has 3 rings (SSSR count). The van der Waals surface area contributed by atoms with E-state index in [4.69, 9.17) is 4.74 Å². The fourth-order valence-corrected chi connectivity index (χ4v) is 4.80. The third-order valence-electron chi connectivity index (χ3n) is 5.81. The van der Waals surface area contributed by atoms with Gasteiger partial charge in [0.25, 0.3) is 0 Å². The van der Waals surface area contributed by atoms with Crippen molar-refractivity contribution in [1.29, 1.82) is 0 Å². The van der Waals surface area contributed by atoms with Crippen molar-refractivity contribution in [3.8, 4) is 0 Å². The molecule has 4 atom stereocenters. The molecule has 0 bridgehead atoms. The summed E-state index contributed by atoms with van der Waals surface area (Å²) in [4.78, 5) is 34.7. The zero-order valence-electron chi connectivity index (χ0n) is 18.3. The smallest absolute Gasteiger partial charge is 0.240 e. The van der Waals surface area contributed by atoms with Gasteiger partial charge in [0.15, 0.2) is 0 Å². The molecule has 1 aromatic heterocycles. The zero-order chi connectivity index (χ0) is 21.8. The Hall–Kier alpha value is -1.51. The van der Waals surface area contributed by atoms with Gasteiger partial charge in [0.05, 0.1) is 24.2 Å². The topological polar surface area (TPSA) is 74.8 Å². The lowest BCUT2D eigenvalue weighted by Gasteiger charge is -2.43. The number of hydrogen-bond donors (Lipinski definition) is 1. The molecule has 4 unspecified atom stereocenters. The Bertz CT molecular complexity index is 732. The molecule has 2 aliphatic heterocycles. The third-order valence-corrected chi connectivity index (χ3v) is 6.28. The van der Waals surface area contributed by atoms with E-state index in [2.05, 4.69) is 58.8 Å². The van der Waals surface area contributed by atoms with E-state index >= 15 is 0 Å². The van der Waals surface area contributed by atoms with Crippen LogP contribution in [0.25, 0.3) is 0 Å². The summed E-state index contributed by atoms with van der Waals surface area (Å²) in [5.74, 6) is 0.560. The monoisotopic (exact) mass is 480 g/mol. The summed E-state index contributed by atoms with van der Waals surface area (Å²) < 4.78 is 6.72. The lowest BCUT2D eigenvalue weighted by atomic mass is 9.94. The minimum atomic E-state index is -0.219. The number of ether oxygens (including phenoxy) is 1. The molecule has 2 amide bonds. The number of anilines is 1. The summed E-state index contributed by atoms with van der Waals surface area (Å²) in [7, 11) is 0. The number of rotatable bonds is 5. The highest BCUT2D eigenvalue weighted by Crippen LogP contribution is 2.24.